The Hall–Kier alpha value is -2.07. The monoisotopic (exact) mass is 341 g/mol. The molecule has 0 amide bonds. The van der Waals surface area contributed by atoms with Crippen molar-refractivity contribution in [1.29, 1.82) is 0 Å². The number of hydrogen-bond acceptors (Lipinski definition) is 3. The number of nitrogens with zero attached hydrogens (tertiary/aromatic N) is 1. The maximum Gasteiger partial charge on any atom is 0.123 e. The van der Waals surface area contributed by atoms with Gasteiger partial charge in [-0.2, -0.15) is 0 Å². The van der Waals surface area contributed by atoms with Crippen LogP contribution in [0.2, 0.25) is 0 Å². The quantitative estimate of drug-likeness (QED) is 0.812. The SMILES string of the molecule is Fc1ccc(OC2CCN(CCC3COc4ccccc43)CC2)cc1. The number of ether oxygens (including phenoxy) is 2. The fourth-order valence-electron chi connectivity index (χ4n) is 3.76. The van der Waals surface area contributed by atoms with Crippen molar-refractivity contribution in [2.75, 3.05) is 26.2 Å². The van der Waals surface area contributed by atoms with Crippen LogP contribution in [-0.4, -0.2) is 37.2 Å². The molecule has 2 heterocycles. The van der Waals surface area contributed by atoms with Gasteiger partial charge in [-0.25, -0.2) is 4.39 Å². The van der Waals surface area contributed by atoms with Crippen LogP contribution in [0.1, 0.15) is 30.7 Å². The van der Waals surface area contributed by atoms with Crippen molar-refractivity contribution in [3.63, 3.8) is 0 Å². The molecule has 0 aliphatic carbocycles. The van der Waals surface area contributed by atoms with Crippen LogP contribution in [0.3, 0.4) is 0 Å². The molecule has 0 N–H and O–H groups in total. The molecule has 2 aromatic carbocycles. The lowest BCUT2D eigenvalue weighted by Crippen LogP contribution is -2.39. The predicted octanol–water partition coefficient (Wildman–Crippen LogP) is 4.24. The fourth-order valence-corrected chi connectivity index (χ4v) is 3.76. The van der Waals surface area contributed by atoms with E-state index in [1.54, 1.807) is 12.1 Å². The molecule has 132 valence electrons. The van der Waals surface area contributed by atoms with E-state index in [1.807, 2.05) is 6.07 Å². The number of fused-ring (bicyclic) bond motifs is 1. The first-order chi connectivity index (χ1) is 12.3. The second-order valence-corrected chi connectivity index (χ2v) is 6.95. The van der Waals surface area contributed by atoms with Crippen LogP contribution in [0.25, 0.3) is 0 Å². The molecule has 4 heteroatoms. The Balaban J connectivity index is 1.22. The number of piperidine rings is 1. The van der Waals surface area contributed by atoms with Crippen molar-refractivity contribution in [3.05, 3.63) is 59.9 Å². The molecule has 1 unspecified atom stereocenters. The first kappa shape index (κ1) is 16.4. The lowest BCUT2D eigenvalue weighted by molar-refractivity contribution is 0.0981. The van der Waals surface area contributed by atoms with Gasteiger partial charge in [0.05, 0.1) is 6.61 Å². The first-order valence-electron chi connectivity index (χ1n) is 9.14. The summed E-state index contributed by atoms with van der Waals surface area (Å²) in [6, 6.07) is 14.7. The highest BCUT2D eigenvalue weighted by Crippen LogP contribution is 2.35. The van der Waals surface area contributed by atoms with Crippen molar-refractivity contribution >= 4 is 0 Å². The normalized spacial score (nSPS) is 20.9. The van der Waals surface area contributed by atoms with Gasteiger partial charge in [0, 0.05) is 24.6 Å². The van der Waals surface area contributed by atoms with Gasteiger partial charge in [0.2, 0.25) is 0 Å². The summed E-state index contributed by atoms with van der Waals surface area (Å²) in [5.74, 6) is 2.11. The van der Waals surface area contributed by atoms with E-state index >= 15 is 0 Å². The van der Waals surface area contributed by atoms with Crippen LogP contribution in [0.15, 0.2) is 48.5 Å². The third kappa shape index (κ3) is 3.96. The number of rotatable bonds is 5. The van der Waals surface area contributed by atoms with Crippen molar-refractivity contribution < 1.29 is 13.9 Å². The standard InChI is InChI=1S/C21H24FNO2/c22-17-5-7-18(8-6-17)25-19-10-13-23(14-11-19)12-9-16-15-24-21-4-2-1-3-20(16)21/h1-8,16,19H,9-15H2. The smallest absolute Gasteiger partial charge is 0.123 e. The largest absolute Gasteiger partial charge is 0.493 e. The average Bonchev–Trinajstić information content (AvgIpc) is 3.06. The molecule has 1 atom stereocenters. The highest BCUT2D eigenvalue weighted by Gasteiger charge is 2.25. The maximum atomic E-state index is 13.0. The van der Waals surface area contributed by atoms with Crippen LogP contribution in [0.5, 0.6) is 11.5 Å². The Morgan fingerprint density at radius 2 is 1.80 bits per heavy atom. The minimum atomic E-state index is -0.223. The van der Waals surface area contributed by atoms with Crippen LogP contribution in [0, 0.1) is 5.82 Å². The Bertz CT molecular complexity index is 695. The Morgan fingerprint density at radius 1 is 1.04 bits per heavy atom. The van der Waals surface area contributed by atoms with E-state index in [4.69, 9.17) is 9.47 Å². The van der Waals surface area contributed by atoms with Crippen LogP contribution < -0.4 is 9.47 Å². The number of likely N-dealkylation sites (tertiary alicyclic amines) is 1. The molecule has 1 fully saturated rings. The summed E-state index contributed by atoms with van der Waals surface area (Å²) in [6.45, 7) is 4.03. The first-order valence-corrected chi connectivity index (χ1v) is 9.14. The third-order valence-corrected chi connectivity index (χ3v) is 5.24. The van der Waals surface area contributed by atoms with Crippen molar-refractivity contribution in [2.45, 2.75) is 31.3 Å². The van der Waals surface area contributed by atoms with E-state index in [0.29, 0.717) is 5.92 Å². The van der Waals surface area contributed by atoms with Gasteiger partial charge in [0.25, 0.3) is 0 Å². The summed E-state index contributed by atoms with van der Waals surface area (Å²) >= 11 is 0. The molecular weight excluding hydrogens is 317 g/mol. The Labute approximate surface area is 148 Å². The summed E-state index contributed by atoms with van der Waals surface area (Å²) in [4.78, 5) is 2.52. The van der Waals surface area contributed by atoms with Gasteiger partial charge in [-0.05, 0) is 56.1 Å². The predicted molar refractivity (Wildman–Crippen MR) is 95.8 cm³/mol. The molecule has 25 heavy (non-hydrogen) atoms. The van der Waals surface area contributed by atoms with E-state index in [9.17, 15) is 4.39 Å². The van der Waals surface area contributed by atoms with E-state index in [-0.39, 0.29) is 11.9 Å². The molecule has 2 aromatic rings. The minimum absolute atomic E-state index is 0.223. The summed E-state index contributed by atoms with van der Waals surface area (Å²) in [7, 11) is 0. The summed E-state index contributed by atoms with van der Waals surface area (Å²) in [5, 5.41) is 0. The molecule has 0 radical (unpaired) electrons. The van der Waals surface area contributed by atoms with Crippen LogP contribution in [-0.2, 0) is 0 Å². The molecule has 4 rings (SSSR count). The van der Waals surface area contributed by atoms with Gasteiger partial charge in [0.15, 0.2) is 0 Å². The molecule has 0 aromatic heterocycles. The van der Waals surface area contributed by atoms with Gasteiger partial charge in [-0.15, -0.1) is 0 Å². The summed E-state index contributed by atoms with van der Waals surface area (Å²) in [5.41, 5.74) is 1.36. The highest BCUT2D eigenvalue weighted by atomic mass is 19.1. The van der Waals surface area contributed by atoms with Crippen LogP contribution >= 0.6 is 0 Å². The second-order valence-electron chi connectivity index (χ2n) is 6.95. The minimum Gasteiger partial charge on any atom is -0.493 e. The number of para-hydroxylation sites is 1. The van der Waals surface area contributed by atoms with Crippen LogP contribution in [0.4, 0.5) is 4.39 Å². The zero-order valence-electron chi connectivity index (χ0n) is 14.4. The van der Waals surface area contributed by atoms with Gasteiger partial charge < -0.3 is 14.4 Å². The van der Waals surface area contributed by atoms with Crippen molar-refractivity contribution in [3.8, 4) is 11.5 Å². The van der Waals surface area contributed by atoms with Gasteiger partial charge >= 0.3 is 0 Å². The molecule has 3 nitrogen and oxygen atoms in total. The lowest BCUT2D eigenvalue weighted by atomic mass is 9.97. The second kappa shape index (κ2) is 7.44. The average molecular weight is 341 g/mol. The van der Waals surface area contributed by atoms with E-state index in [1.165, 1.54) is 17.7 Å². The number of benzene rings is 2. The van der Waals surface area contributed by atoms with E-state index in [2.05, 4.69) is 23.1 Å². The van der Waals surface area contributed by atoms with Gasteiger partial charge in [0.1, 0.15) is 23.4 Å². The number of halogens is 1. The fraction of sp³-hybridized carbons (Fsp3) is 0.429. The molecule has 0 bridgehead atoms. The van der Waals surface area contributed by atoms with Crippen molar-refractivity contribution in [2.24, 2.45) is 0 Å². The van der Waals surface area contributed by atoms with Gasteiger partial charge in [-0.1, -0.05) is 18.2 Å². The Morgan fingerprint density at radius 3 is 2.60 bits per heavy atom. The topological polar surface area (TPSA) is 21.7 Å². The van der Waals surface area contributed by atoms with E-state index < -0.39 is 0 Å². The zero-order chi connectivity index (χ0) is 17.1. The molecule has 1 saturated heterocycles. The Kier molecular flexibility index (Phi) is 4.88. The lowest BCUT2D eigenvalue weighted by Gasteiger charge is -2.32. The van der Waals surface area contributed by atoms with Crippen molar-refractivity contribution in [1.82, 2.24) is 4.90 Å². The molecule has 0 spiro atoms. The molecular formula is C21H24FNO2. The van der Waals surface area contributed by atoms with E-state index in [0.717, 1.165) is 57.0 Å². The maximum absolute atomic E-state index is 13.0. The highest BCUT2D eigenvalue weighted by molar-refractivity contribution is 5.39. The molecule has 0 saturated carbocycles. The number of hydrogen-bond donors (Lipinski definition) is 0. The zero-order valence-corrected chi connectivity index (χ0v) is 14.4. The third-order valence-electron chi connectivity index (χ3n) is 5.24. The van der Waals surface area contributed by atoms with Gasteiger partial charge in [-0.3, -0.25) is 0 Å². The summed E-state index contributed by atoms with van der Waals surface area (Å²) < 4.78 is 24.7. The molecule has 2 aliphatic heterocycles. The summed E-state index contributed by atoms with van der Waals surface area (Å²) in [6.07, 6.45) is 3.42. The molecule has 2 aliphatic rings.